The van der Waals surface area contributed by atoms with Crippen LogP contribution < -0.4 is 5.14 Å². The van der Waals surface area contributed by atoms with Gasteiger partial charge < -0.3 is 0 Å². The molecule has 0 fully saturated rings. The molecule has 94 valence electrons. The SMILES string of the molecule is NS(=O)(=O)c1ccc(S(F)(F)(F)(F)F)cc1. The number of benzene rings is 1. The van der Waals surface area contributed by atoms with Gasteiger partial charge in [-0.2, -0.15) is 0 Å². The van der Waals surface area contributed by atoms with Crippen molar-refractivity contribution in [3.05, 3.63) is 24.3 Å². The lowest BCUT2D eigenvalue weighted by Crippen LogP contribution is -2.13. The van der Waals surface area contributed by atoms with Gasteiger partial charge in [0.05, 0.1) is 4.90 Å². The Morgan fingerprint density at radius 2 is 1.31 bits per heavy atom. The van der Waals surface area contributed by atoms with E-state index in [0.29, 0.717) is 12.1 Å². The van der Waals surface area contributed by atoms with Gasteiger partial charge in [0.1, 0.15) is 4.90 Å². The van der Waals surface area contributed by atoms with E-state index < -0.39 is 30.0 Å². The zero-order valence-electron chi connectivity index (χ0n) is 7.41. The second kappa shape index (κ2) is 2.68. The van der Waals surface area contributed by atoms with Crippen molar-refractivity contribution in [2.75, 3.05) is 0 Å². The van der Waals surface area contributed by atoms with Gasteiger partial charge in [0.15, 0.2) is 0 Å². The number of hydrogen-bond donors (Lipinski definition) is 1. The predicted octanol–water partition coefficient (Wildman–Crippen LogP) is 2.99. The molecule has 1 rings (SSSR count). The summed E-state index contributed by atoms with van der Waals surface area (Å²) in [5, 5.41) is 4.59. The minimum absolute atomic E-state index is 0.0126. The number of nitrogens with two attached hydrogens (primary N) is 1. The van der Waals surface area contributed by atoms with Crippen LogP contribution in [0.2, 0.25) is 0 Å². The maximum Gasteiger partial charge on any atom is 0.310 e. The fourth-order valence-corrected chi connectivity index (χ4v) is 2.05. The first-order valence-electron chi connectivity index (χ1n) is 3.57. The summed E-state index contributed by atoms with van der Waals surface area (Å²) < 4.78 is 82.3. The minimum Gasteiger partial charge on any atom is -0.225 e. The molecule has 0 aliphatic heterocycles. The van der Waals surface area contributed by atoms with E-state index in [2.05, 4.69) is 5.14 Å². The molecule has 0 saturated carbocycles. The molecule has 0 unspecified atom stereocenters. The van der Waals surface area contributed by atoms with E-state index in [0.717, 1.165) is 0 Å². The number of primary sulfonamides is 1. The van der Waals surface area contributed by atoms with E-state index in [-0.39, 0.29) is 12.1 Å². The van der Waals surface area contributed by atoms with Crippen LogP contribution in [0.4, 0.5) is 19.4 Å². The van der Waals surface area contributed by atoms with E-state index in [9.17, 15) is 27.8 Å². The Bertz CT molecular complexity index is 518. The molecule has 0 aliphatic carbocycles. The summed E-state index contributed by atoms with van der Waals surface area (Å²) in [6.45, 7) is 0. The van der Waals surface area contributed by atoms with Crippen molar-refractivity contribution in [3.8, 4) is 0 Å². The van der Waals surface area contributed by atoms with Crippen LogP contribution >= 0.6 is 10.2 Å². The van der Waals surface area contributed by atoms with Crippen molar-refractivity contribution in [3.63, 3.8) is 0 Å². The highest BCUT2D eigenvalue weighted by Gasteiger charge is 2.65. The molecule has 16 heavy (non-hydrogen) atoms. The van der Waals surface area contributed by atoms with Crippen LogP contribution in [0, 0.1) is 0 Å². The summed E-state index contributed by atoms with van der Waals surface area (Å²) in [6, 6.07) is 0.730. The average Bonchev–Trinajstić information content (AvgIpc) is 1.99. The van der Waals surface area contributed by atoms with Crippen LogP contribution in [0.3, 0.4) is 0 Å². The van der Waals surface area contributed by atoms with Gasteiger partial charge in [0, 0.05) is 0 Å². The van der Waals surface area contributed by atoms with Gasteiger partial charge in [-0.3, -0.25) is 0 Å². The quantitative estimate of drug-likeness (QED) is 0.848. The van der Waals surface area contributed by atoms with Crippen molar-refractivity contribution < 1.29 is 27.8 Å². The summed E-state index contributed by atoms with van der Waals surface area (Å²) in [6.07, 6.45) is 0. The smallest absolute Gasteiger partial charge is 0.225 e. The lowest BCUT2D eigenvalue weighted by molar-refractivity contribution is 0.364. The van der Waals surface area contributed by atoms with Gasteiger partial charge in [0.25, 0.3) is 0 Å². The van der Waals surface area contributed by atoms with Crippen molar-refractivity contribution in [2.45, 2.75) is 9.79 Å². The monoisotopic (exact) mass is 283 g/mol. The highest BCUT2D eigenvalue weighted by Crippen LogP contribution is 3.02. The highest BCUT2D eigenvalue weighted by atomic mass is 32.5. The molecule has 0 saturated heterocycles. The lowest BCUT2D eigenvalue weighted by atomic mass is 10.4. The van der Waals surface area contributed by atoms with E-state index >= 15 is 0 Å². The standard InChI is InChI=1S/C6H6F5NO2S2/c7-16(8,9,10,11)6-3-1-5(2-4-6)15(12,13)14/h1-4H,(H2,12,13,14). The molecule has 0 aliphatic rings. The Morgan fingerprint density at radius 3 is 1.56 bits per heavy atom. The third-order valence-corrected chi connectivity index (χ3v) is 3.69. The first-order chi connectivity index (χ1) is 6.70. The molecule has 0 aromatic heterocycles. The summed E-state index contributed by atoms with van der Waals surface area (Å²) in [4.78, 5) is -2.83. The minimum atomic E-state index is -9.75. The second-order valence-electron chi connectivity index (χ2n) is 2.99. The maximum absolute atomic E-state index is 12.2. The molecule has 2 N–H and O–H groups in total. The van der Waals surface area contributed by atoms with E-state index in [4.69, 9.17) is 0 Å². The van der Waals surface area contributed by atoms with Gasteiger partial charge in [-0.25, -0.2) is 13.6 Å². The maximum atomic E-state index is 12.2. The molecule has 0 heterocycles. The van der Waals surface area contributed by atoms with Gasteiger partial charge in [-0.05, 0) is 24.3 Å². The predicted molar refractivity (Wildman–Crippen MR) is 49.2 cm³/mol. The largest absolute Gasteiger partial charge is 0.310 e. The second-order valence-corrected chi connectivity index (χ2v) is 6.96. The summed E-state index contributed by atoms with van der Waals surface area (Å²) in [5.74, 6) is 0. The molecule has 1 aromatic rings. The third-order valence-electron chi connectivity index (χ3n) is 1.60. The van der Waals surface area contributed by atoms with Gasteiger partial charge in [-0.1, -0.05) is 19.4 Å². The van der Waals surface area contributed by atoms with Crippen LogP contribution in [0.15, 0.2) is 34.1 Å². The van der Waals surface area contributed by atoms with Crippen LogP contribution in [-0.2, 0) is 10.0 Å². The Kier molecular flexibility index (Phi) is 2.21. The third kappa shape index (κ3) is 3.06. The Hall–Kier alpha value is -0.870. The molecule has 10 heteroatoms. The molecular weight excluding hydrogens is 277 g/mol. The fraction of sp³-hybridized carbons (Fsp3) is 0. The van der Waals surface area contributed by atoms with Gasteiger partial charge in [0.2, 0.25) is 10.0 Å². The van der Waals surface area contributed by atoms with Gasteiger partial charge in [-0.15, -0.1) is 0 Å². The zero-order chi connectivity index (χ0) is 12.9. The molecule has 0 spiro atoms. The van der Waals surface area contributed by atoms with E-state index in [1.807, 2.05) is 0 Å². The Balaban J connectivity index is 3.38. The highest BCUT2D eigenvalue weighted by molar-refractivity contribution is 8.45. The first kappa shape index (κ1) is 13.2. The van der Waals surface area contributed by atoms with Crippen LogP contribution in [-0.4, -0.2) is 8.42 Å². The number of hydrogen-bond acceptors (Lipinski definition) is 2. The van der Waals surface area contributed by atoms with Crippen molar-refractivity contribution in [1.82, 2.24) is 0 Å². The van der Waals surface area contributed by atoms with Crippen molar-refractivity contribution in [1.29, 1.82) is 0 Å². The van der Waals surface area contributed by atoms with Crippen molar-refractivity contribution in [2.24, 2.45) is 5.14 Å². The summed E-state index contributed by atoms with van der Waals surface area (Å²) in [5.41, 5.74) is 0. The number of halogens is 5. The number of rotatable bonds is 2. The van der Waals surface area contributed by atoms with Crippen LogP contribution in [0.25, 0.3) is 0 Å². The molecule has 0 atom stereocenters. The zero-order valence-corrected chi connectivity index (χ0v) is 9.04. The van der Waals surface area contributed by atoms with Crippen molar-refractivity contribution >= 4 is 20.2 Å². The fourth-order valence-electron chi connectivity index (χ4n) is 0.886. The molecule has 0 amide bonds. The molecule has 0 radical (unpaired) electrons. The lowest BCUT2D eigenvalue weighted by Gasteiger charge is -2.40. The molecular formula is C6H6F5NO2S2. The van der Waals surface area contributed by atoms with Gasteiger partial charge >= 0.3 is 10.2 Å². The topological polar surface area (TPSA) is 60.2 Å². The normalized spacial score (nSPS) is 17.6. The van der Waals surface area contributed by atoms with Crippen LogP contribution in [0.1, 0.15) is 0 Å². The Morgan fingerprint density at radius 1 is 0.938 bits per heavy atom. The molecule has 3 nitrogen and oxygen atoms in total. The number of sulfonamides is 1. The average molecular weight is 283 g/mol. The molecule has 1 aromatic carbocycles. The molecule has 0 bridgehead atoms. The Labute approximate surface area is 87.8 Å². The van der Waals surface area contributed by atoms with E-state index in [1.54, 1.807) is 0 Å². The summed E-state index contributed by atoms with van der Waals surface area (Å²) in [7, 11) is -14.0. The van der Waals surface area contributed by atoms with Crippen LogP contribution in [0.5, 0.6) is 0 Å². The summed E-state index contributed by atoms with van der Waals surface area (Å²) >= 11 is 0. The first-order valence-corrected chi connectivity index (χ1v) is 7.07. The van der Waals surface area contributed by atoms with E-state index in [1.165, 1.54) is 0 Å².